The van der Waals surface area contributed by atoms with E-state index in [4.69, 9.17) is 4.74 Å². The molecule has 4 rings (SSSR count). The lowest BCUT2D eigenvalue weighted by Gasteiger charge is -2.20. The third-order valence-corrected chi connectivity index (χ3v) is 6.85. The second-order valence-electron chi connectivity index (χ2n) is 10.2. The van der Waals surface area contributed by atoms with Gasteiger partial charge in [0.15, 0.2) is 5.65 Å². The van der Waals surface area contributed by atoms with Crippen LogP contribution in [0.25, 0.3) is 11.0 Å². The van der Waals surface area contributed by atoms with Crippen LogP contribution in [0.4, 0.5) is 19.0 Å². The summed E-state index contributed by atoms with van der Waals surface area (Å²) in [6, 6.07) is 7.54. The molecule has 0 unspecified atom stereocenters. The molecule has 7 nitrogen and oxygen atoms in total. The number of alkyl halides is 2. The van der Waals surface area contributed by atoms with Crippen molar-refractivity contribution in [3.05, 3.63) is 52.6 Å². The zero-order valence-electron chi connectivity index (χ0n) is 22.2. The van der Waals surface area contributed by atoms with Gasteiger partial charge in [0.25, 0.3) is 6.43 Å². The number of rotatable bonds is 12. The van der Waals surface area contributed by atoms with Crippen LogP contribution < -0.4 is 10.1 Å². The number of pyridine rings is 1. The number of hydrogen-bond donors (Lipinski definition) is 1. The van der Waals surface area contributed by atoms with Gasteiger partial charge in [-0.2, -0.15) is 10.2 Å². The SMILES string of the molecule is Cc1nc(N[C@H](C)c2cccc(C(F)F)c2F)c2cc(C3(C#N)CC3)c(OCCCCCN(C)C)nc2n1. The largest absolute Gasteiger partial charge is 0.477 e. The molecule has 1 aliphatic carbocycles. The van der Waals surface area contributed by atoms with E-state index >= 15 is 0 Å². The monoisotopic (exact) mass is 526 g/mol. The van der Waals surface area contributed by atoms with Crippen LogP contribution in [-0.4, -0.2) is 47.1 Å². The number of unbranched alkanes of at least 4 members (excludes halogenated alkanes) is 2. The van der Waals surface area contributed by atoms with Crippen molar-refractivity contribution in [1.29, 1.82) is 5.26 Å². The van der Waals surface area contributed by atoms with Crippen molar-refractivity contribution in [1.82, 2.24) is 19.9 Å². The molecule has 1 N–H and O–H groups in total. The Hall–Kier alpha value is -3.45. The van der Waals surface area contributed by atoms with Crippen LogP contribution in [0.3, 0.4) is 0 Å². The topological polar surface area (TPSA) is 87.0 Å². The number of halogens is 3. The first-order valence-corrected chi connectivity index (χ1v) is 12.9. The summed E-state index contributed by atoms with van der Waals surface area (Å²) in [5.41, 5.74) is -0.140. The summed E-state index contributed by atoms with van der Waals surface area (Å²) in [5.74, 6) is 0.279. The molecule has 0 bridgehead atoms. The Morgan fingerprint density at radius 2 is 1.87 bits per heavy atom. The van der Waals surface area contributed by atoms with Crippen molar-refractivity contribution in [2.24, 2.45) is 0 Å². The molecule has 38 heavy (non-hydrogen) atoms. The van der Waals surface area contributed by atoms with Gasteiger partial charge in [-0.1, -0.05) is 18.2 Å². The third kappa shape index (κ3) is 5.99. The third-order valence-electron chi connectivity index (χ3n) is 6.85. The van der Waals surface area contributed by atoms with Crippen LogP contribution in [-0.2, 0) is 5.41 Å². The van der Waals surface area contributed by atoms with E-state index in [1.54, 1.807) is 13.8 Å². The van der Waals surface area contributed by atoms with Gasteiger partial charge in [0.2, 0.25) is 5.88 Å². The van der Waals surface area contributed by atoms with Crippen molar-refractivity contribution in [3.63, 3.8) is 0 Å². The zero-order chi connectivity index (χ0) is 27.4. The first kappa shape index (κ1) is 27.6. The summed E-state index contributed by atoms with van der Waals surface area (Å²) >= 11 is 0. The summed E-state index contributed by atoms with van der Waals surface area (Å²) in [4.78, 5) is 15.8. The predicted octanol–water partition coefficient (Wildman–Crippen LogP) is 6.25. The Kier molecular flexibility index (Phi) is 8.36. The molecule has 0 spiro atoms. The van der Waals surface area contributed by atoms with Gasteiger partial charge in [0, 0.05) is 11.1 Å². The average molecular weight is 527 g/mol. The fourth-order valence-electron chi connectivity index (χ4n) is 4.51. The first-order valence-electron chi connectivity index (χ1n) is 12.9. The summed E-state index contributed by atoms with van der Waals surface area (Å²) < 4.78 is 47.4. The number of nitrogens with one attached hydrogen (secondary N) is 1. The van der Waals surface area contributed by atoms with Crippen LogP contribution in [0.2, 0.25) is 0 Å². The molecule has 1 aromatic carbocycles. The van der Waals surface area contributed by atoms with Crippen LogP contribution in [0, 0.1) is 24.1 Å². The van der Waals surface area contributed by atoms with E-state index in [1.165, 1.54) is 12.1 Å². The Morgan fingerprint density at radius 1 is 1.13 bits per heavy atom. The highest BCUT2D eigenvalue weighted by Gasteiger charge is 2.48. The smallest absolute Gasteiger partial charge is 0.266 e. The molecule has 1 atom stereocenters. The Labute approximate surface area is 221 Å². The van der Waals surface area contributed by atoms with E-state index in [0.717, 1.165) is 31.9 Å². The van der Waals surface area contributed by atoms with Crippen molar-refractivity contribution in [2.75, 3.05) is 32.6 Å². The van der Waals surface area contributed by atoms with Crippen molar-refractivity contribution in [2.45, 2.75) is 63.8 Å². The maximum atomic E-state index is 14.8. The second-order valence-corrected chi connectivity index (χ2v) is 10.2. The molecule has 1 fully saturated rings. The minimum atomic E-state index is -2.91. The lowest BCUT2D eigenvalue weighted by Crippen LogP contribution is -2.14. The van der Waals surface area contributed by atoms with E-state index in [0.29, 0.717) is 53.6 Å². The minimum absolute atomic E-state index is 0.102. The van der Waals surface area contributed by atoms with Gasteiger partial charge in [0.1, 0.15) is 17.5 Å². The highest BCUT2D eigenvalue weighted by Crippen LogP contribution is 2.51. The minimum Gasteiger partial charge on any atom is -0.477 e. The number of anilines is 1. The predicted molar refractivity (Wildman–Crippen MR) is 140 cm³/mol. The number of aryl methyl sites for hydroxylation is 1. The molecule has 0 aliphatic heterocycles. The summed E-state index contributed by atoms with van der Waals surface area (Å²) in [6.07, 6.45) is 1.44. The van der Waals surface area contributed by atoms with Crippen molar-refractivity contribution in [3.8, 4) is 11.9 Å². The number of nitriles is 1. The van der Waals surface area contributed by atoms with Gasteiger partial charge in [-0.05, 0) is 72.7 Å². The van der Waals surface area contributed by atoms with Crippen molar-refractivity contribution < 1.29 is 17.9 Å². The second kappa shape index (κ2) is 11.5. The molecule has 2 heterocycles. The highest BCUT2D eigenvalue weighted by atomic mass is 19.3. The normalized spacial score (nSPS) is 15.1. The van der Waals surface area contributed by atoms with Crippen LogP contribution in [0.15, 0.2) is 24.3 Å². The number of benzene rings is 1. The summed E-state index contributed by atoms with van der Waals surface area (Å²) in [5, 5.41) is 13.6. The molecule has 1 aliphatic rings. The lowest BCUT2D eigenvalue weighted by atomic mass is 9.97. The average Bonchev–Trinajstić information content (AvgIpc) is 3.66. The maximum absolute atomic E-state index is 14.8. The number of hydrogen-bond acceptors (Lipinski definition) is 7. The van der Waals surface area contributed by atoms with Crippen LogP contribution in [0.5, 0.6) is 5.88 Å². The Morgan fingerprint density at radius 3 is 2.53 bits per heavy atom. The fraction of sp³-hybridized carbons (Fsp3) is 0.500. The zero-order valence-corrected chi connectivity index (χ0v) is 22.2. The molecular formula is C28H33F3N6O. The van der Waals surface area contributed by atoms with Gasteiger partial charge in [-0.3, -0.25) is 0 Å². The van der Waals surface area contributed by atoms with Crippen LogP contribution in [0.1, 0.15) is 74.0 Å². The van der Waals surface area contributed by atoms with Gasteiger partial charge in [-0.25, -0.2) is 23.1 Å². The summed E-state index contributed by atoms with van der Waals surface area (Å²) in [7, 11) is 4.09. The lowest BCUT2D eigenvalue weighted by molar-refractivity contribution is 0.146. The van der Waals surface area contributed by atoms with E-state index in [-0.39, 0.29) is 5.56 Å². The van der Waals surface area contributed by atoms with Gasteiger partial charge in [-0.15, -0.1) is 0 Å². The molecule has 1 saturated carbocycles. The van der Waals surface area contributed by atoms with Gasteiger partial charge >= 0.3 is 0 Å². The van der Waals surface area contributed by atoms with Gasteiger partial charge < -0.3 is 15.0 Å². The van der Waals surface area contributed by atoms with Crippen LogP contribution >= 0.6 is 0 Å². The van der Waals surface area contributed by atoms with Crippen molar-refractivity contribution >= 4 is 16.9 Å². The highest BCUT2D eigenvalue weighted by molar-refractivity contribution is 5.88. The number of aromatic nitrogens is 3. The Balaban J connectivity index is 1.65. The maximum Gasteiger partial charge on any atom is 0.266 e. The standard InChI is InChI=1S/C28H33F3N6O/c1-17(19-9-8-10-20(23(19)29)24(30)31)33-25-21-15-22(28(16-32)11-12-28)27(36-26(21)35-18(2)34-25)38-14-7-5-6-13-37(3)4/h8-10,15,17,24H,5-7,11-14H2,1-4H3,(H,33,34,35,36)/t17-/m1/s1. The number of ether oxygens (including phenoxy) is 1. The molecule has 202 valence electrons. The van der Waals surface area contributed by atoms with E-state index in [2.05, 4.69) is 31.2 Å². The first-order chi connectivity index (χ1) is 18.1. The molecular weight excluding hydrogens is 493 g/mol. The van der Waals surface area contributed by atoms with E-state index in [1.807, 2.05) is 20.2 Å². The molecule has 3 aromatic rings. The van der Waals surface area contributed by atoms with Gasteiger partial charge in [0.05, 0.1) is 35.1 Å². The number of nitrogens with zero attached hydrogens (tertiary/aromatic N) is 5. The molecule has 2 aromatic heterocycles. The molecule has 0 radical (unpaired) electrons. The molecule has 10 heteroatoms. The van der Waals surface area contributed by atoms with E-state index in [9.17, 15) is 18.4 Å². The fourth-order valence-corrected chi connectivity index (χ4v) is 4.51. The number of fused-ring (bicyclic) bond motifs is 1. The quantitative estimate of drug-likeness (QED) is 0.279. The molecule has 0 saturated heterocycles. The summed E-state index contributed by atoms with van der Waals surface area (Å²) in [6.45, 7) is 4.88. The molecule has 0 amide bonds. The Bertz CT molecular complexity index is 1340. The van der Waals surface area contributed by atoms with E-state index < -0.39 is 29.3 Å².